The van der Waals surface area contributed by atoms with Crippen molar-refractivity contribution in [1.29, 1.82) is 0 Å². The van der Waals surface area contributed by atoms with Gasteiger partial charge >= 0.3 is 0 Å². The molecule has 1 aliphatic heterocycles. The van der Waals surface area contributed by atoms with Crippen molar-refractivity contribution in [2.24, 2.45) is 0 Å². The van der Waals surface area contributed by atoms with Gasteiger partial charge in [-0.1, -0.05) is 12.1 Å². The molecular formula is C14H12N2O5S. The van der Waals surface area contributed by atoms with Crippen LogP contribution in [0.25, 0.3) is 10.8 Å². The third-order valence-electron chi connectivity index (χ3n) is 3.71. The van der Waals surface area contributed by atoms with Crippen LogP contribution in [0.2, 0.25) is 0 Å². The van der Waals surface area contributed by atoms with E-state index in [1.54, 1.807) is 19.1 Å². The highest BCUT2D eigenvalue weighted by atomic mass is 32.2. The summed E-state index contributed by atoms with van der Waals surface area (Å²) in [5, 5.41) is 0.562. The highest BCUT2D eigenvalue weighted by Crippen LogP contribution is 2.36. The second-order valence-electron chi connectivity index (χ2n) is 4.89. The molecule has 2 amide bonds. The minimum atomic E-state index is -4.59. The summed E-state index contributed by atoms with van der Waals surface area (Å²) < 4.78 is 32.2. The Hall–Kier alpha value is -2.45. The van der Waals surface area contributed by atoms with E-state index in [0.717, 1.165) is 11.0 Å². The SMILES string of the molecule is CCN1C(=O)c2cccc3c(N)c(S(=O)(=O)O)cc(c23)C1=O. The summed E-state index contributed by atoms with van der Waals surface area (Å²) >= 11 is 0. The first-order valence-corrected chi connectivity index (χ1v) is 7.90. The lowest BCUT2D eigenvalue weighted by molar-refractivity contribution is 0.0619. The van der Waals surface area contributed by atoms with Gasteiger partial charge < -0.3 is 5.73 Å². The van der Waals surface area contributed by atoms with Crippen molar-refractivity contribution in [3.05, 3.63) is 35.4 Å². The van der Waals surface area contributed by atoms with E-state index in [2.05, 4.69) is 0 Å². The Kier molecular flexibility index (Phi) is 2.98. The Morgan fingerprint density at radius 3 is 2.41 bits per heavy atom. The molecule has 0 radical (unpaired) electrons. The molecule has 0 bridgehead atoms. The van der Waals surface area contributed by atoms with Gasteiger partial charge in [-0.3, -0.25) is 19.0 Å². The molecule has 0 atom stereocenters. The van der Waals surface area contributed by atoms with E-state index >= 15 is 0 Å². The summed E-state index contributed by atoms with van der Waals surface area (Å²) in [7, 11) is -4.59. The molecule has 1 aliphatic rings. The molecule has 2 aromatic rings. The topological polar surface area (TPSA) is 118 Å². The Morgan fingerprint density at radius 1 is 1.18 bits per heavy atom. The molecule has 0 fully saturated rings. The quantitative estimate of drug-likeness (QED) is 0.489. The fraction of sp³-hybridized carbons (Fsp3) is 0.143. The van der Waals surface area contributed by atoms with Crippen LogP contribution in [0.4, 0.5) is 5.69 Å². The van der Waals surface area contributed by atoms with Gasteiger partial charge in [-0.05, 0) is 19.1 Å². The minimum absolute atomic E-state index is 0.0360. The number of hydrogen-bond acceptors (Lipinski definition) is 5. The van der Waals surface area contributed by atoms with Gasteiger partial charge in [0.1, 0.15) is 4.90 Å². The van der Waals surface area contributed by atoms with E-state index < -0.39 is 26.8 Å². The molecule has 8 heteroatoms. The van der Waals surface area contributed by atoms with Crippen molar-refractivity contribution in [3.63, 3.8) is 0 Å². The van der Waals surface area contributed by atoms with Gasteiger partial charge in [-0.25, -0.2) is 0 Å². The Labute approximate surface area is 126 Å². The summed E-state index contributed by atoms with van der Waals surface area (Å²) in [5.41, 5.74) is 5.93. The summed E-state index contributed by atoms with van der Waals surface area (Å²) in [5.74, 6) is -1.06. The Bertz CT molecular complexity index is 949. The minimum Gasteiger partial charge on any atom is -0.397 e. The van der Waals surface area contributed by atoms with Gasteiger partial charge in [0.05, 0.1) is 11.3 Å². The van der Waals surface area contributed by atoms with E-state index in [4.69, 9.17) is 5.73 Å². The molecule has 2 aromatic carbocycles. The fourth-order valence-electron chi connectivity index (χ4n) is 2.71. The number of carbonyl (C=O) groups is 2. The molecule has 114 valence electrons. The van der Waals surface area contributed by atoms with Crippen LogP contribution in [0, 0.1) is 0 Å². The van der Waals surface area contributed by atoms with Crippen molar-refractivity contribution >= 4 is 38.4 Å². The van der Waals surface area contributed by atoms with Gasteiger partial charge in [0.25, 0.3) is 21.9 Å². The highest BCUT2D eigenvalue weighted by Gasteiger charge is 2.34. The van der Waals surface area contributed by atoms with Crippen LogP contribution >= 0.6 is 0 Å². The first-order valence-electron chi connectivity index (χ1n) is 6.46. The molecule has 0 aromatic heterocycles. The second-order valence-corrected chi connectivity index (χ2v) is 6.28. The van der Waals surface area contributed by atoms with E-state index in [-0.39, 0.29) is 28.7 Å². The number of rotatable bonds is 2. The first-order chi connectivity index (χ1) is 10.3. The molecule has 0 spiro atoms. The van der Waals surface area contributed by atoms with Crippen molar-refractivity contribution in [2.75, 3.05) is 12.3 Å². The van der Waals surface area contributed by atoms with Gasteiger partial charge in [0.2, 0.25) is 0 Å². The average molecular weight is 320 g/mol. The normalized spacial score (nSPS) is 14.7. The lowest BCUT2D eigenvalue weighted by atomic mass is 9.93. The number of nitrogen functional groups attached to an aromatic ring is 1. The molecule has 0 saturated carbocycles. The third kappa shape index (κ3) is 1.81. The van der Waals surface area contributed by atoms with E-state index in [9.17, 15) is 22.6 Å². The summed E-state index contributed by atoms with van der Waals surface area (Å²) in [6.07, 6.45) is 0. The smallest absolute Gasteiger partial charge is 0.296 e. The van der Waals surface area contributed by atoms with Crippen LogP contribution in [0.1, 0.15) is 27.6 Å². The van der Waals surface area contributed by atoms with Crippen LogP contribution in [0.15, 0.2) is 29.2 Å². The molecule has 3 N–H and O–H groups in total. The van der Waals surface area contributed by atoms with Crippen LogP contribution in [-0.4, -0.2) is 36.2 Å². The van der Waals surface area contributed by atoms with Crippen molar-refractivity contribution in [2.45, 2.75) is 11.8 Å². The molecule has 3 rings (SSSR count). The Morgan fingerprint density at radius 2 is 1.82 bits per heavy atom. The molecule has 22 heavy (non-hydrogen) atoms. The third-order valence-corrected chi connectivity index (χ3v) is 4.60. The van der Waals surface area contributed by atoms with Crippen LogP contribution < -0.4 is 5.73 Å². The van der Waals surface area contributed by atoms with Crippen LogP contribution in [0.3, 0.4) is 0 Å². The number of imide groups is 1. The van der Waals surface area contributed by atoms with E-state index in [0.29, 0.717) is 5.39 Å². The number of hydrogen-bond donors (Lipinski definition) is 2. The van der Waals surface area contributed by atoms with Crippen molar-refractivity contribution < 1.29 is 22.6 Å². The standard InChI is InChI=1S/C14H12N2O5S/c1-2-16-13(17)8-5-3-4-7-11(8)9(14(16)18)6-10(12(7)15)22(19,20)21/h3-6H,2,15H2,1H3,(H,19,20,21). The zero-order valence-electron chi connectivity index (χ0n) is 11.5. The molecule has 0 aliphatic carbocycles. The number of nitrogens with zero attached hydrogens (tertiary/aromatic N) is 1. The molecule has 7 nitrogen and oxygen atoms in total. The largest absolute Gasteiger partial charge is 0.397 e. The number of amides is 2. The number of anilines is 1. The average Bonchev–Trinajstić information content (AvgIpc) is 2.45. The molecular weight excluding hydrogens is 308 g/mol. The predicted octanol–water partition coefficient (Wildman–Crippen LogP) is 1.28. The van der Waals surface area contributed by atoms with Gasteiger partial charge in [-0.2, -0.15) is 8.42 Å². The number of nitrogens with two attached hydrogens (primary N) is 1. The van der Waals surface area contributed by atoms with Crippen LogP contribution in [-0.2, 0) is 10.1 Å². The summed E-state index contributed by atoms with van der Waals surface area (Å²) in [6, 6.07) is 5.63. The maximum absolute atomic E-state index is 12.4. The van der Waals surface area contributed by atoms with Crippen molar-refractivity contribution in [1.82, 2.24) is 4.90 Å². The van der Waals surface area contributed by atoms with E-state index in [1.807, 2.05) is 0 Å². The molecule has 1 heterocycles. The summed E-state index contributed by atoms with van der Waals surface area (Å²) in [4.78, 5) is 25.2. The van der Waals surface area contributed by atoms with Crippen molar-refractivity contribution in [3.8, 4) is 0 Å². The van der Waals surface area contributed by atoms with Gasteiger partial charge in [0, 0.05) is 22.9 Å². The maximum atomic E-state index is 12.4. The zero-order valence-corrected chi connectivity index (χ0v) is 12.3. The summed E-state index contributed by atoms with van der Waals surface area (Å²) in [6.45, 7) is 1.79. The van der Waals surface area contributed by atoms with E-state index in [1.165, 1.54) is 6.07 Å². The fourth-order valence-corrected chi connectivity index (χ4v) is 3.37. The van der Waals surface area contributed by atoms with Gasteiger partial charge in [-0.15, -0.1) is 0 Å². The monoisotopic (exact) mass is 320 g/mol. The first kappa shape index (κ1) is 14.5. The second kappa shape index (κ2) is 4.52. The lowest BCUT2D eigenvalue weighted by Crippen LogP contribution is -2.40. The zero-order chi connectivity index (χ0) is 16.2. The lowest BCUT2D eigenvalue weighted by Gasteiger charge is -2.27. The Balaban J connectivity index is 2.53. The van der Waals surface area contributed by atoms with Crippen LogP contribution in [0.5, 0.6) is 0 Å². The number of benzene rings is 2. The number of carbonyl (C=O) groups excluding carboxylic acids is 2. The predicted molar refractivity (Wildman–Crippen MR) is 79.2 cm³/mol. The maximum Gasteiger partial charge on any atom is 0.296 e. The molecule has 0 saturated heterocycles. The molecule has 0 unspecified atom stereocenters. The van der Waals surface area contributed by atoms with Gasteiger partial charge in [0.15, 0.2) is 0 Å². The highest BCUT2D eigenvalue weighted by molar-refractivity contribution is 7.86.